The van der Waals surface area contributed by atoms with E-state index in [1.807, 2.05) is 26.8 Å². The van der Waals surface area contributed by atoms with Crippen LogP contribution < -0.4 is 48.4 Å². The number of benzene rings is 3. The Kier molecular flexibility index (Phi) is 17.1. The summed E-state index contributed by atoms with van der Waals surface area (Å²) in [6.45, 7) is 7.49. The number of nitrogens with zero attached hydrogens (tertiary/aromatic N) is 3. The Bertz CT molecular complexity index is 2550. The lowest BCUT2D eigenvalue weighted by Crippen LogP contribution is -2.55. The zero-order valence-electron chi connectivity index (χ0n) is 39.3. The van der Waals surface area contributed by atoms with E-state index in [1.165, 1.54) is 51.2 Å². The molecule has 2 heterocycles. The molecule has 1 aromatic heterocycles. The van der Waals surface area contributed by atoms with Gasteiger partial charge in [0, 0.05) is 37.7 Å². The fraction of sp³-hybridized carbons (Fsp3) is 0.426. The third-order valence-corrected chi connectivity index (χ3v) is 11.5. The number of aromatic hydroxyl groups is 2. The fourth-order valence-electron chi connectivity index (χ4n) is 7.50. The molecule has 0 aliphatic carbocycles. The van der Waals surface area contributed by atoms with Crippen molar-refractivity contribution in [3.05, 3.63) is 76.5 Å². The van der Waals surface area contributed by atoms with Gasteiger partial charge >= 0.3 is 5.97 Å². The summed E-state index contributed by atoms with van der Waals surface area (Å²) >= 11 is 0. The number of rotatable bonds is 16. The number of carboxylic acids is 1. The number of hydrogen-bond donors (Lipinski definition) is 12. The van der Waals surface area contributed by atoms with Gasteiger partial charge in [0.2, 0.25) is 17.7 Å². The van der Waals surface area contributed by atoms with Crippen LogP contribution in [0.3, 0.4) is 0 Å². The van der Waals surface area contributed by atoms with Crippen LogP contribution in [0.2, 0.25) is 0 Å². The van der Waals surface area contributed by atoms with Crippen molar-refractivity contribution >= 4 is 35.4 Å². The normalized spacial score (nSPS) is 17.6. The maximum Gasteiger partial charge on any atom is 0.326 e. The molecule has 0 radical (unpaired) electrons. The van der Waals surface area contributed by atoms with E-state index in [-0.39, 0.29) is 107 Å². The second-order valence-electron chi connectivity index (χ2n) is 17.8. The average Bonchev–Trinajstić information content (AvgIpc) is 3.29. The summed E-state index contributed by atoms with van der Waals surface area (Å²) in [7, 11) is 1.25. The number of aryl methyl sites for hydroxylation is 1. The number of carboxylic acid groups (broad SMARTS) is 1. The molecule has 5 rings (SSSR count). The van der Waals surface area contributed by atoms with Crippen molar-refractivity contribution < 1.29 is 59.0 Å². The lowest BCUT2D eigenvalue weighted by Gasteiger charge is -2.33. The van der Waals surface area contributed by atoms with Crippen LogP contribution in [0.15, 0.2) is 48.5 Å². The molecule has 22 nitrogen and oxygen atoms in total. The van der Waals surface area contributed by atoms with Gasteiger partial charge < -0.3 is 78.8 Å². The highest BCUT2D eigenvalue weighted by atomic mass is 16.5. The third kappa shape index (κ3) is 12.5. The van der Waals surface area contributed by atoms with Crippen LogP contribution in [-0.4, -0.2) is 140 Å². The van der Waals surface area contributed by atoms with E-state index in [1.54, 1.807) is 12.1 Å². The van der Waals surface area contributed by atoms with Crippen LogP contribution in [0.25, 0.3) is 22.5 Å². The highest BCUT2D eigenvalue weighted by molar-refractivity contribution is 6.02. The van der Waals surface area contributed by atoms with Crippen LogP contribution in [0.4, 0.5) is 5.82 Å². The van der Waals surface area contributed by atoms with E-state index in [9.17, 15) is 49.5 Å². The number of carbonyl (C=O) groups is 5. The molecule has 69 heavy (non-hydrogen) atoms. The third-order valence-electron chi connectivity index (χ3n) is 11.5. The Morgan fingerprint density at radius 1 is 0.884 bits per heavy atom. The standard InChI is InChI=1S/C47H62N10O12/c1-22-37(40(51)56-41(52-22)29-9-8-26(17-34(29)60)47(3,4)5)43(63)54-32(11-12-48)45(65)57(6)38-25-15-31(39(61)36(16-25)69-21-28(59)19-50)30-13-24(7-10-35(30)68-20-27(58)18-49)14-33(46(66)67)55-42(62)23(2)53-44(38)64/h7-10,13,15-17,23,27-28,32-33,38,58-61H,11-12,14,18-21,48-50H2,1-6H3,(H,53,64)(H,54,63)(H,55,62)(H,66,67)(H2,51,52,56)/t23-,27+,28+,32-,33-,38-/m0/s1. The molecule has 0 fully saturated rings. The van der Waals surface area contributed by atoms with Gasteiger partial charge in [0.05, 0.1) is 11.3 Å². The van der Waals surface area contributed by atoms with Crippen molar-refractivity contribution in [2.45, 2.75) is 89.3 Å². The number of hydrogen-bond acceptors (Lipinski definition) is 17. The van der Waals surface area contributed by atoms with Gasteiger partial charge in [0.25, 0.3) is 5.91 Å². The number of amides is 4. The molecule has 3 aromatic carbocycles. The first-order valence-corrected chi connectivity index (χ1v) is 22.1. The fourth-order valence-corrected chi connectivity index (χ4v) is 7.50. The number of phenols is 2. The molecule has 6 atom stereocenters. The maximum atomic E-state index is 14.8. The number of carbonyl (C=O) groups excluding carboxylic acids is 4. The minimum Gasteiger partial charge on any atom is -0.507 e. The van der Waals surface area contributed by atoms with Crippen LogP contribution >= 0.6 is 0 Å². The number of aliphatic hydroxyl groups excluding tert-OH is 2. The van der Waals surface area contributed by atoms with Gasteiger partial charge in [-0.2, -0.15) is 0 Å². The lowest BCUT2D eigenvalue weighted by atomic mass is 9.86. The molecule has 372 valence electrons. The van der Waals surface area contributed by atoms with Crippen LogP contribution in [0.1, 0.15) is 72.9 Å². The second-order valence-corrected chi connectivity index (χ2v) is 17.8. The molecule has 1 aliphatic rings. The smallest absolute Gasteiger partial charge is 0.326 e. The quantitative estimate of drug-likeness (QED) is 0.0707. The monoisotopic (exact) mass is 958 g/mol. The molecule has 4 aromatic rings. The molecule has 0 saturated carbocycles. The Morgan fingerprint density at radius 2 is 1.54 bits per heavy atom. The molecule has 4 amide bonds. The molecule has 0 unspecified atom stereocenters. The van der Waals surface area contributed by atoms with Crippen molar-refractivity contribution in [3.8, 4) is 45.5 Å². The summed E-state index contributed by atoms with van der Waals surface area (Å²) in [5.74, 6) is -6.09. The van der Waals surface area contributed by atoms with E-state index in [0.29, 0.717) is 5.56 Å². The van der Waals surface area contributed by atoms with Gasteiger partial charge in [-0.25, -0.2) is 14.8 Å². The predicted octanol–water partition coefficient (Wildman–Crippen LogP) is 0.0838. The summed E-state index contributed by atoms with van der Waals surface area (Å²) in [5, 5.41) is 61.2. The topological polar surface area (TPSA) is 374 Å². The van der Waals surface area contributed by atoms with E-state index in [0.717, 1.165) is 10.5 Å². The van der Waals surface area contributed by atoms with Crippen LogP contribution in [-0.2, 0) is 31.0 Å². The molecular formula is C47H62N10O12. The number of aliphatic carboxylic acids is 1. The molecule has 16 N–H and O–H groups in total. The summed E-state index contributed by atoms with van der Waals surface area (Å²) in [6, 6.07) is 6.06. The summed E-state index contributed by atoms with van der Waals surface area (Å²) in [5.41, 5.74) is 24.7. The second kappa shape index (κ2) is 22.3. The van der Waals surface area contributed by atoms with Crippen molar-refractivity contribution in [2.24, 2.45) is 17.2 Å². The largest absolute Gasteiger partial charge is 0.507 e. The van der Waals surface area contributed by atoms with E-state index in [4.69, 9.17) is 32.4 Å². The molecule has 4 bridgehead atoms. The zero-order chi connectivity index (χ0) is 51.1. The van der Waals surface area contributed by atoms with Crippen molar-refractivity contribution in [1.29, 1.82) is 0 Å². The molecule has 22 heteroatoms. The van der Waals surface area contributed by atoms with Gasteiger partial charge in [-0.05, 0) is 85.3 Å². The lowest BCUT2D eigenvalue weighted by molar-refractivity contribution is -0.143. The summed E-state index contributed by atoms with van der Waals surface area (Å²) in [4.78, 5) is 79.2. The van der Waals surface area contributed by atoms with Crippen LogP contribution in [0, 0.1) is 6.92 Å². The first kappa shape index (κ1) is 52.9. The van der Waals surface area contributed by atoms with Gasteiger partial charge in [-0.15, -0.1) is 0 Å². The number of ether oxygens (including phenoxy) is 2. The minimum absolute atomic E-state index is 0.0273. The average molecular weight is 959 g/mol. The first-order valence-electron chi connectivity index (χ1n) is 22.1. The number of nitrogens with one attached hydrogen (secondary N) is 3. The van der Waals surface area contributed by atoms with E-state index >= 15 is 0 Å². The molecule has 0 spiro atoms. The van der Waals surface area contributed by atoms with Gasteiger partial charge in [0.15, 0.2) is 17.3 Å². The van der Waals surface area contributed by atoms with Crippen LogP contribution in [0.5, 0.6) is 23.0 Å². The highest BCUT2D eigenvalue weighted by Gasteiger charge is 2.37. The maximum absolute atomic E-state index is 14.8. The Balaban J connectivity index is 1.63. The van der Waals surface area contributed by atoms with Crippen molar-refractivity contribution in [2.75, 3.05) is 45.6 Å². The summed E-state index contributed by atoms with van der Waals surface area (Å²) < 4.78 is 11.8. The number of aromatic nitrogens is 2. The van der Waals surface area contributed by atoms with Gasteiger partial charge in [-0.1, -0.05) is 32.9 Å². The number of likely N-dealkylation sites (N-methyl/N-ethyl adjacent to an activating group) is 1. The predicted molar refractivity (Wildman–Crippen MR) is 253 cm³/mol. The molecular weight excluding hydrogens is 897 g/mol. The summed E-state index contributed by atoms with van der Waals surface area (Å²) in [6.07, 6.45) is -2.76. The number of anilines is 1. The highest BCUT2D eigenvalue weighted by Crippen LogP contribution is 2.45. The van der Waals surface area contributed by atoms with E-state index in [2.05, 4.69) is 25.9 Å². The Hall–Kier alpha value is -7.11. The Labute approximate surface area is 398 Å². The van der Waals surface area contributed by atoms with Gasteiger partial charge in [-0.3, -0.25) is 19.2 Å². The molecule has 0 saturated heterocycles. The number of nitrogens with two attached hydrogens (primary N) is 4. The van der Waals surface area contributed by atoms with Crippen molar-refractivity contribution in [3.63, 3.8) is 0 Å². The Morgan fingerprint density at radius 3 is 2.12 bits per heavy atom. The molecule has 1 aliphatic heterocycles. The number of nitrogen functional groups attached to an aromatic ring is 1. The first-order chi connectivity index (χ1) is 32.5. The van der Waals surface area contributed by atoms with E-state index < -0.39 is 78.3 Å². The minimum atomic E-state index is -1.71. The number of aliphatic hydroxyl groups is 2. The number of phenolic OH excluding ortho intramolecular Hbond substituents is 2. The SMILES string of the molecule is Cc1nc(-c2ccc(C(C)(C)C)cc2O)nc(N)c1C(=O)N[C@@H](CCN)C(=O)N(C)[C@@H]1C(=O)N[C@@H](C)C(=O)N[C@H](C(=O)O)Cc2ccc(OC[C@H](O)CN)c(c2)-c2cc1cc(OC[C@H](O)CN)c2O. The van der Waals surface area contributed by atoms with Gasteiger partial charge in [0.1, 0.15) is 72.5 Å². The van der Waals surface area contributed by atoms with Crippen molar-refractivity contribution in [1.82, 2.24) is 30.8 Å². The zero-order valence-corrected chi connectivity index (χ0v) is 39.3. The number of fused-ring (bicyclic) bond motifs is 5.